The van der Waals surface area contributed by atoms with Crippen molar-refractivity contribution in [1.82, 2.24) is 0 Å². The fourth-order valence-corrected chi connectivity index (χ4v) is 10.3. The maximum absolute atomic E-state index is 14.4. The molecule has 0 aromatic heterocycles. The molecule has 1 unspecified atom stereocenters. The van der Waals surface area contributed by atoms with Crippen molar-refractivity contribution in [3.63, 3.8) is 0 Å². The average molecular weight is 570 g/mol. The third-order valence-electron chi connectivity index (χ3n) is 6.75. The van der Waals surface area contributed by atoms with Crippen LogP contribution in [0.25, 0.3) is 0 Å². The normalized spacial score (nSPS) is 11.9. The van der Waals surface area contributed by atoms with Crippen molar-refractivity contribution in [2.45, 2.75) is 46.2 Å². The van der Waals surface area contributed by atoms with Gasteiger partial charge in [0.25, 0.3) is 5.91 Å². The van der Waals surface area contributed by atoms with E-state index in [1.54, 1.807) is 0 Å². The van der Waals surface area contributed by atoms with Gasteiger partial charge in [0.05, 0.1) is 0 Å². The van der Waals surface area contributed by atoms with Crippen LogP contribution in [0.3, 0.4) is 0 Å². The number of amides is 1. The van der Waals surface area contributed by atoms with Gasteiger partial charge in [0.15, 0.2) is 5.66 Å². The first-order valence-electron chi connectivity index (χ1n) is 12.4. The van der Waals surface area contributed by atoms with E-state index in [4.69, 9.17) is 0 Å². The molecule has 4 aromatic rings. The number of aryl methyl sites for hydroxylation is 3. The standard InChI is InChI=1S/C32H34NOP.Y/c1-5-15-30(32(34)33-31-25(3)22-24(2)23-26(31)4)35(27-16-9-6-10-17-27,28-18-11-7-12-19-28)29-20-13-8-14-21-29;/h6-14,16-23,30H,5,15H2,1-4H3;/p+1. The second kappa shape index (κ2) is 12.9. The summed E-state index contributed by atoms with van der Waals surface area (Å²) in [5.74, 6) is 0.104. The van der Waals surface area contributed by atoms with E-state index in [2.05, 4.69) is 136 Å². The molecule has 4 rings (SSSR count). The van der Waals surface area contributed by atoms with E-state index in [-0.39, 0.29) is 44.3 Å². The second-order valence-electron chi connectivity index (χ2n) is 9.30. The van der Waals surface area contributed by atoms with E-state index in [1.165, 1.54) is 21.5 Å². The van der Waals surface area contributed by atoms with Gasteiger partial charge in [-0.05, 0) is 74.7 Å². The van der Waals surface area contributed by atoms with Crippen LogP contribution in [0, 0.1) is 20.8 Å². The van der Waals surface area contributed by atoms with Crippen molar-refractivity contribution in [1.29, 1.82) is 0 Å². The van der Waals surface area contributed by atoms with Gasteiger partial charge in [-0.3, -0.25) is 4.79 Å². The van der Waals surface area contributed by atoms with E-state index >= 15 is 0 Å². The van der Waals surface area contributed by atoms with Crippen molar-refractivity contribution in [3.05, 3.63) is 120 Å². The Hall–Kier alpha value is -2.12. The summed E-state index contributed by atoms with van der Waals surface area (Å²) >= 11 is 0. The molecule has 1 amide bonds. The topological polar surface area (TPSA) is 29.1 Å². The number of rotatable bonds is 8. The van der Waals surface area contributed by atoms with E-state index in [1.807, 2.05) is 0 Å². The number of hydrogen-bond acceptors (Lipinski definition) is 1. The molecule has 4 aromatic carbocycles. The molecule has 1 N–H and O–H groups in total. The van der Waals surface area contributed by atoms with Crippen molar-refractivity contribution in [2.24, 2.45) is 0 Å². The Morgan fingerprint density at radius 3 is 1.47 bits per heavy atom. The summed E-state index contributed by atoms with van der Waals surface area (Å²) in [6.07, 6.45) is 1.74. The molecule has 4 heteroatoms. The zero-order chi connectivity index (χ0) is 24.8. The Kier molecular flexibility index (Phi) is 10.2. The second-order valence-corrected chi connectivity index (χ2v) is 12.9. The van der Waals surface area contributed by atoms with Crippen LogP contribution in [0.1, 0.15) is 36.5 Å². The van der Waals surface area contributed by atoms with Crippen molar-refractivity contribution in [2.75, 3.05) is 5.32 Å². The molecule has 36 heavy (non-hydrogen) atoms. The first-order chi connectivity index (χ1) is 17.0. The largest absolute Gasteiger partial charge is 0.322 e. The third-order valence-corrected chi connectivity index (χ3v) is 11.5. The van der Waals surface area contributed by atoms with Gasteiger partial charge in [0, 0.05) is 38.4 Å². The van der Waals surface area contributed by atoms with Crippen LogP contribution < -0.4 is 21.2 Å². The van der Waals surface area contributed by atoms with Crippen molar-refractivity contribution >= 4 is 34.8 Å². The van der Waals surface area contributed by atoms with Gasteiger partial charge in [0.2, 0.25) is 0 Å². The molecule has 0 heterocycles. The minimum atomic E-state index is -2.32. The van der Waals surface area contributed by atoms with Gasteiger partial charge in [0.1, 0.15) is 23.2 Å². The molecule has 0 spiro atoms. The number of hydrogen-bond donors (Lipinski definition) is 1. The minimum absolute atomic E-state index is 0. The van der Waals surface area contributed by atoms with E-state index < -0.39 is 7.26 Å². The molecule has 0 saturated carbocycles. The first-order valence-corrected chi connectivity index (χ1v) is 14.3. The number of anilines is 1. The van der Waals surface area contributed by atoms with Crippen molar-refractivity contribution in [3.8, 4) is 0 Å². The fraction of sp³-hybridized carbons (Fsp3) is 0.219. The molecule has 181 valence electrons. The molecule has 1 radical (unpaired) electrons. The van der Waals surface area contributed by atoms with Gasteiger partial charge in [-0.2, -0.15) is 0 Å². The van der Waals surface area contributed by atoms with Gasteiger partial charge in [-0.15, -0.1) is 0 Å². The monoisotopic (exact) mass is 569 g/mol. The van der Waals surface area contributed by atoms with Gasteiger partial charge in [-0.25, -0.2) is 0 Å². The van der Waals surface area contributed by atoms with Crippen LogP contribution in [-0.2, 0) is 37.5 Å². The van der Waals surface area contributed by atoms with Crippen LogP contribution in [0.5, 0.6) is 0 Å². The zero-order valence-corrected chi connectivity index (χ0v) is 25.5. The summed E-state index contributed by atoms with van der Waals surface area (Å²) in [4.78, 5) is 14.4. The number of carbonyl (C=O) groups excluding carboxylic acids is 1. The molecule has 1 atom stereocenters. The summed E-state index contributed by atoms with van der Waals surface area (Å²) in [7, 11) is -2.32. The SMILES string of the molecule is CCCC(C(=O)Nc1c(C)cc(C)cc1C)[P+](c1ccccc1)(c1ccccc1)c1ccccc1.[Y]. The van der Waals surface area contributed by atoms with E-state index in [9.17, 15) is 4.79 Å². The average Bonchev–Trinajstić information content (AvgIpc) is 2.88. The number of nitrogens with one attached hydrogen (secondary N) is 1. The number of carbonyl (C=O) groups is 1. The Labute approximate surface area is 242 Å². The molecule has 0 aliphatic carbocycles. The molecule has 0 saturated heterocycles. The molecule has 0 aliphatic heterocycles. The Bertz CT molecular complexity index is 1160. The maximum Gasteiger partial charge on any atom is 0.266 e. The molecule has 0 fully saturated rings. The predicted octanol–water partition coefficient (Wildman–Crippen LogP) is 6.71. The Morgan fingerprint density at radius 2 is 1.11 bits per heavy atom. The summed E-state index contributed by atoms with van der Waals surface area (Å²) in [5.41, 5.74) is 4.17. The zero-order valence-electron chi connectivity index (χ0n) is 21.7. The summed E-state index contributed by atoms with van der Waals surface area (Å²) < 4.78 is 0. The first kappa shape index (κ1) is 28.5. The number of benzene rings is 4. The van der Waals surface area contributed by atoms with Gasteiger partial charge < -0.3 is 5.32 Å². The van der Waals surface area contributed by atoms with Crippen LogP contribution in [0.4, 0.5) is 5.69 Å². The fourth-order valence-electron chi connectivity index (χ4n) is 5.33. The molecule has 2 nitrogen and oxygen atoms in total. The minimum Gasteiger partial charge on any atom is -0.322 e. The van der Waals surface area contributed by atoms with Gasteiger partial charge >= 0.3 is 0 Å². The summed E-state index contributed by atoms with van der Waals surface area (Å²) in [6, 6.07) is 36.4. The summed E-state index contributed by atoms with van der Waals surface area (Å²) in [5, 5.41) is 7.11. The van der Waals surface area contributed by atoms with E-state index in [0.29, 0.717) is 0 Å². The molecular weight excluding hydrogens is 534 g/mol. The van der Waals surface area contributed by atoms with E-state index in [0.717, 1.165) is 29.7 Å². The molecular formula is C32H35NOPY+. The summed E-state index contributed by atoms with van der Waals surface area (Å²) in [6.45, 7) is 8.44. The van der Waals surface area contributed by atoms with Crippen LogP contribution >= 0.6 is 7.26 Å². The molecule has 0 aliphatic rings. The van der Waals surface area contributed by atoms with Crippen molar-refractivity contribution < 1.29 is 37.5 Å². The maximum atomic E-state index is 14.4. The van der Waals surface area contributed by atoms with Crippen LogP contribution in [-0.4, -0.2) is 11.6 Å². The predicted molar refractivity (Wildman–Crippen MR) is 153 cm³/mol. The Balaban J connectivity index is 0.00000361. The quantitative estimate of drug-likeness (QED) is 0.235. The van der Waals surface area contributed by atoms with Crippen LogP contribution in [0.2, 0.25) is 0 Å². The smallest absolute Gasteiger partial charge is 0.266 e. The Morgan fingerprint density at radius 1 is 0.722 bits per heavy atom. The van der Waals surface area contributed by atoms with Crippen LogP contribution in [0.15, 0.2) is 103 Å². The molecule has 0 bridgehead atoms. The third kappa shape index (κ3) is 5.72. The van der Waals surface area contributed by atoms with Gasteiger partial charge in [-0.1, -0.05) is 85.6 Å².